The van der Waals surface area contributed by atoms with Crippen LogP contribution in [0, 0.1) is 5.82 Å². The highest BCUT2D eigenvalue weighted by molar-refractivity contribution is 14.0. The number of benzene rings is 1. The molecule has 0 radical (unpaired) electrons. The van der Waals surface area contributed by atoms with Crippen LogP contribution >= 0.6 is 35.7 Å². The fraction of sp³-hybridized carbons (Fsp3) is 0.650. The second kappa shape index (κ2) is 15.3. The maximum atomic E-state index is 13.5. The maximum absolute atomic E-state index is 13.5. The monoisotopic (exact) mass is 525 g/mol. The van der Waals surface area contributed by atoms with E-state index in [9.17, 15) is 4.39 Å². The van der Waals surface area contributed by atoms with Gasteiger partial charge in [-0.05, 0) is 55.7 Å². The van der Waals surface area contributed by atoms with E-state index in [-0.39, 0.29) is 29.8 Å². The smallest absolute Gasteiger partial charge is 0.191 e. The van der Waals surface area contributed by atoms with Gasteiger partial charge in [-0.2, -0.15) is 11.8 Å². The van der Waals surface area contributed by atoms with Gasteiger partial charge in [-0.3, -0.25) is 0 Å². The summed E-state index contributed by atoms with van der Waals surface area (Å²) < 4.78 is 24.7. The number of halogens is 2. The minimum absolute atomic E-state index is 0. The molecule has 1 aliphatic heterocycles. The second-order valence-electron chi connectivity index (χ2n) is 6.50. The third kappa shape index (κ3) is 9.76. The zero-order chi connectivity index (χ0) is 19.3. The molecule has 0 atom stereocenters. The molecule has 1 heterocycles. The average molecular weight is 525 g/mol. The van der Waals surface area contributed by atoms with Crippen LogP contribution < -0.4 is 10.6 Å². The van der Waals surface area contributed by atoms with Gasteiger partial charge in [-0.1, -0.05) is 6.07 Å². The normalized spacial score (nSPS) is 15.2. The zero-order valence-electron chi connectivity index (χ0n) is 16.8. The highest BCUT2D eigenvalue weighted by Gasteiger charge is 2.13. The first-order valence-electron chi connectivity index (χ1n) is 9.70. The van der Waals surface area contributed by atoms with Crippen molar-refractivity contribution >= 4 is 41.7 Å². The molecule has 1 aliphatic rings. The first-order chi connectivity index (χ1) is 13.2. The summed E-state index contributed by atoms with van der Waals surface area (Å²) in [5.74, 6) is 1.38. The van der Waals surface area contributed by atoms with Crippen LogP contribution in [0.1, 0.15) is 37.3 Å². The van der Waals surface area contributed by atoms with E-state index >= 15 is 0 Å². The third-order valence-electron chi connectivity index (χ3n) is 4.36. The van der Waals surface area contributed by atoms with Crippen LogP contribution in [0.4, 0.5) is 4.39 Å². The molecule has 160 valence electrons. The Morgan fingerprint density at radius 3 is 2.79 bits per heavy atom. The molecular weight excluding hydrogens is 492 g/mol. The number of thioether (sulfide) groups is 1. The van der Waals surface area contributed by atoms with E-state index in [1.54, 1.807) is 17.8 Å². The molecule has 0 aromatic heterocycles. The van der Waals surface area contributed by atoms with Crippen LogP contribution in [-0.4, -0.2) is 51.2 Å². The van der Waals surface area contributed by atoms with Crippen molar-refractivity contribution in [3.63, 3.8) is 0 Å². The minimum atomic E-state index is -0.193. The van der Waals surface area contributed by atoms with Gasteiger partial charge in [0.1, 0.15) is 5.82 Å². The van der Waals surface area contributed by atoms with Crippen LogP contribution in [-0.2, 0) is 21.8 Å². The Morgan fingerprint density at radius 1 is 1.29 bits per heavy atom. The van der Waals surface area contributed by atoms with Gasteiger partial charge in [0.25, 0.3) is 0 Å². The van der Waals surface area contributed by atoms with Crippen molar-refractivity contribution in [1.82, 2.24) is 10.6 Å². The van der Waals surface area contributed by atoms with Gasteiger partial charge >= 0.3 is 0 Å². The van der Waals surface area contributed by atoms with Crippen LogP contribution in [0.2, 0.25) is 0 Å². The van der Waals surface area contributed by atoms with Crippen molar-refractivity contribution in [3.8, 4) is 0 Å². The summed E-state index contributed by atoms with van der Waals surface area (Å²) in [6.07, 6.45) is 5.28. The predicted molar refractivity (Wildman–Crippen MR) is 126 cm³/mol. The van der Waals surface area contributed by atoms with Crippen LogP contribution in [0.25, 0.3) is 0 Å². The first-order valence-corrected chi connectivity index (χ1v) is 11.1. The zero-order valence-corrected chi connectivity index (χ0v) is 20.0. The van der Waals surface area contributed by atoms with E-state index in [1.165, 1.54) is 6.07 Å². The van der Waals surface area contributed by atoms with Gasteiger partial charge in [0.15, 0.2) is 5.96 Å². The Bertz CT molecular complexity index is 587. The highest BCUT2D eigenvalue weighted by atomic mass is 127. The van der Waals surface area contributed by atoms with Crippen LogP contribution in [0.5, 0.6) is 0 Å². The summed E-state index contributed by atoms with van der Waals surface area (Å²) >= 11 is 1.68. The molecule has 0 saturated carbocycles. The van der Waals surface area contributed by atoms with Crippen molar-refractivity contribution in [1.29, 1.82) is 0 Å². The molecule has 0 bridgehead atoms. The predicted octanol–water partition coefficient (Wildman–Crippen LogP) is 3.95. The minimum Gasteiger partial charge on any atom is -0.381 e. The molecule has 28 heavy (non-hydrogen) atoms. The van der Waals surface area contributed by atoms with Crippen molar-refractivity contribution in [2.75, 3.05) is 39.2 Å². The van der Waals surface area contributed by atoms with Gasteiger partial charge < -0.3 is 20.1 Å². The number of nitrogens with zero attached hydrogens (tertiary/aromatic N) is 1. The molecule has 2 N–H and O–H groups in total. The Morgan fingerprint density at radius 2 is 2.07 bits per heavy atom. The molecule has 0 aliphatic carbocycles. The second-order valence-corrected chi connectivity index (χ2v) is 7.37. The lowest BCUT2D eigenvalue weighted by molar-refractivity contribution is -0.0320. The van der Waals surface area contributed by atoms with E-state index in [0.717, 1.165) is 75.0 Å². The van der Waals surface area contributed by atoms with Crippen LogP contribution in [0.15, 0.2) is 23.2 Å². The lowest BCUT2D eigenvalue weighted by Crippen LogP contribution is -2.38. The lowest BCUT2D eigenvalue weighted by Gasteiger charge is -2.22. The van der Waals surface area contributed by atoms with Gasteiger partial charge in [0, 0.05) is 38.7 Å². The maximum Gasteiger partial charge on any atom is 0.191 e. The van der Waals surface area contributed by atoms with E-state index in [2.05, 4.69) is 15.6 Å². The number of hydrogen-bond donors (Lipinski definition) is 2. The lowest BCUT2D eigenvalue weighted by atomic mass is 10.1. The molecule has 5 nitrogen and oxygen atoms in total. The van der Waals surface area contributed by atoms with E-state index in [4.69, 9.17) is 9.47 Å². The summed E-state index contributed by atoms with van der Waals surface area (Å²) in [4.78, 5) is 4.65. The first kappa shape index (κ1) is 25.5. The molecule has 1 aromatic carbocycles. The Hall–Kier alpha value is -0.580. The van der Waals surface area contributed by atoms with Gasteiger partial charge in [-0.15, -0.1) is 24.0 Å². The Labute approximate surface area is 189 Å². The van der Waals surface area contributed by atoms with Gasteiger partial charge in [-0.25, -0.2) is 9.38 Å². The summed E-state index contributed by atoms with van der Waals surface area (Å²) in [7, 11) is 0. The van der Waals surface area contributed by atoms with Crippen molar-refractivity contribution in [2.45, 2.75) is 44.6 Å². The average Bonchev–Trinajstić information content (AvgIpc) is 2.68. The molecular formula is C20H33FIN3O2S. The van der Waals surface area contributed by atoms with E-state index in [1.807, 2.05) is 19.2 Å². The SMILES string of the molecule is CCNC(=NCc1ccc(F)cc1CSC)NCCCOC1CCOCC1.I. The number of guanidine groups is 1. The number of rotatable bonds is 10. The summed E-state index contributed by atoms with van der Waals surface area (Å²) in [5, 5.41) is 6.60. The topological polar surface area (TPSA) is 54.9 Å². The number of nitrogens with one attached hydrogen (secondary N) is 2. The highest BCUT2D eigenvalue weighted by Crippen LogP contribution is 2.17. The molecule has 2 rings (SSSR count). The quantitative estimate of drug-likeness (QED) is 0.210. The summed E-state index contributed by atoms with van der Waals surface area (Å²) in [6.45, 7) is 6.53. The van der Waals surface area contributed by atoms with Crippen molar-refractivity contribution in [2.24, 2.45) is 4.99 Å². The third-order valence-corrected chi connectivity index (χ3v) is 4.96. The standard InChI is InChI=1S/C20H32FN3O2S.HI/c1-3-22-20(23-9-4-10-26-19-7-11-25-12-8-19)24-14-16-5-6-18(21)13-17(16)15-27-2;/h5-6,13,19H,3-4,7-12,14-15H2,1-2H3,(H2,22,23,24);1H. The molecule has 0 unspecified atom stereocenters. The fourth-order valence-electron chi connectivity index (χ4n) is 2.92. The molecule has 1 aromatic rings. The van der Waals surface area contributed by atoms with E-state index < -0.39 is 0 Å². The number of ether oxygens (including phenoxy) is 2. The number of aliphatic imine (C=N–C) groups is 1. The largest absolute Gasteiger partial charge is 0.381 e. The van der Waals surface area contributed by atoms with Crippen LogP contribution in [0.3, 0.4) is 0 Å². The Balaban J connectivity index is 0.00000392. The molecule has 1 saturated heterocycles. The molecule has 0 amide bonds. The van der Waals surface area contributed by atoms with Crippen molar-refractivity contribution < 1.29 is 13.9 Å². The fourth-order valence-corrected chi connectivity index (χ4v) is 3.50. The summed E-state index contributed by atoms with van der Waals surface area (Å²) in [6, 6.07) is 4.94. The Kier molecular flexibility index (Phi) is 13.9. The molecule has 8 heteroatoms. The van der Waals surface area contributed by atoms with Gasteiger partial charge in [0.05, 0.1) is 12.6 Å². The van der Waals surface area contributed by atoms with Gasteiger partial charge in [0.2, 0.25) is 0 Å². The van der Waals surface area contributed by atoms with E-state index in [0.29, 0.717) is 12.6 Å². The summed E-state index contributed by atoms with van der Waals surface area (Å²) in [5.41, 5.74) is 2.07. The molecule has 1 fully saturated rings. The number of hydrogen-bond acceptors (Lipinski definition) is 4. The van der Waals surface area contributed by atoms with Crippen molar-refractivity contribution in [3.05, 3.63) is 35.1 Å². The molecule has 0 spiro atoms.